The van der Waals surface area contributed by atoms with Crippen LogP contribution in [0, 0.1) is 0 Å². The van der Waals surface area contributed by atoms with Crippen LogP contribution in [0.5, 0.6) is 11.5 Å². The fourth-order valence-electron chi connectivity index (χ4n) is 2.90. The monoisotopic (exact) mass is 392 g/mol. The highest BCUT2D eigenvalue weighted by Crippen LogP contribution is 2.27. The topological polar surface area (TPSA) is 76.6 Å². The van der Waals surface area contributed by atoms with Crippen molar-refractivity contribution in [2.75, 3.05) is 31.0 Å². The van der Waals surface area contributed by atoms with E-state index in [0.717, 1.165) is 11.3 Å². The molecule has 0 spiro atoms. The first-order valence-electron chi connectivity index (χ1n) is 9.30. The van der Waals surface area contributed by atoms with Gasteiger partial charge in [-0.25, -0.2) is 9.97 Å². The molecule has 0 bridgehead atoms. The molecule has 0 fully saturated rings. The molecule has 1 heterocycles. The van der Waals surface area contributed by atoms with E-state index in [-0.39, 0.29) is 5.91 Å². The predicted octanol–water partition coefficient (Wildman–Crippen LogP) is 3.77. The van der Waals surface area contributed by atoms with E-state index < -0.39 is 0 Å². The van der Waals surface area contributed by atoms with E-state index in [4.69, 9.17) is 9.47 Å². The zero-order chi connectivity index (χ0) is 20.6. The molecule has 7 nitrogen and oxygen atoms in total. The van der Waals surface area contributed by atoms with Gasteiger partial charge in [-0.05, 0) is 36.8 Å². The molecule has 3 aromatic rings. The first kappa shape index (κ1) is 20.1. The largest absolute Gasteiger partial charge is 0.493 e. The third-order valence-corrected chi connectivity index (χ3v) is 4.42. The Labute approximate surface area is 170 Å². The maximum Gasteiger partial charge on any atom is 0.278 e. The van der Waals surface area contributed by atoms with Crippen molar-refractivity contribution in [2.45, 2.75) is 13.5 Å². The van der Waals surface area contributed by atoms with Crippen LogP contribution in [-0.2, 0) is 6.54 Å². The van der Waals surface area contributed by atoms with Crippen LogP contribution in [0.3, 0.4) is 0 Å². The van der Waals surface area contributed by atoms with Crippen LogP contribution in [0.2, 0.25) is 0 Å². The molecule has 150 valence electrons. The van der Waals surface area contributed by atoms with Crippen molar-refractivity contribution in [2.24, 2.45) is 0 Å². The van der Waals surface area contributed by atoms with Gasteiger partial charge in [0, 0.05) is 18.8 Å². The highest BCUT2D eigenvalue weighted by Gasteiger charge is 2.17. The SMILES string of the molecule is CCN(C(=O)c1cnc(NCc2ccc(OC)c(OC)c2)cn1)c1ccccc1. The van der Waals surface area contributed by atoms with Crippen molar-refractivity contribution in [1.82, 2.24) is 9.97 Å². The molecule has 0 aliphatic rings. The summed E-state index contributed by atoms with van der Waals surface area (Å²) >= 11 is 0. The molecule has 1 N–H and O–H groups in total. The van der Waals surface area contributed by atoms with Gasteiger partial charge in [0.25, 0.3) is 5.91 Å². The Kier molecular flexibility index (Phi) is 6.63. The molecular weight excluding hydrogens is 368 g/mol. The van der Waals surface area contributed by atoms with Crippen molar-refractivity contribution < 1.29 is 14.3 Å². The van der Waals surface area contributed by atoms with E-state index in [1.54, 1.807) is 25.3 Å². The van der Waals surface area contributed by atoms with Gasteiger partial charge in [0.1, 0.15) is 11.5 Å². The first-order valence-corrected chi connectivity index (χ1v) is 9.30. The number of rotatable bonds is 8. The van der Waals surface area contributed by atoms with Gasteiger partial charge in [-0.1, -0.05) is 24.3 Å². The van der Waals surface area contributed by atoms with Gasteiger partial charge in [0.2, 0.25) is 0 Å². The Hall–Kier alpha value is -3.61. The lowest BCUT2D eigenvalue weighted by atomic mass is 10.2. The standard InChI is InChI=1S/C22H24N4O3/c1-4-26(17-8-6-5-7-9-17)22(27)18-14-25-21(15-23-18)24-13-16-10-11-19(28-2)20(12-16)29-3/h5-12,14-15H,4,13H2,1-3H3,(H,24,25). The quantitative estimate of drug-likeness (QED) is 0.629. The summed E-state index contributed by atoms with van der Waals surface area (Å²) in [6.07, 6.45) is 3.05. The molecular formula is C22H24N4O3. The number of aromatic nitrogens is 2. The second-order valence-corrected chi connectivity index (χ2v) is 6.21. The fourth-order valence-corrected chi connectivity index (χ4v) is 2.90. The summed E-state index contributed by atoms with van der Waals surface area (Å²) in [5, 5.41) is 3.20. The van der Waals surface area contributed by atoms with Crippen LogP contribution < -0.4 is 19.7 Å². The Balaban J connectivity index is 1.66. The Bertz CT molecular complexity index is 946. The van der Waals surface area contributed by atoms with Gasteiger partial charge >= 0.3 is 0 Å². The Morgan fingerprint density at radius 2 is 1.76 bits per heavy atom. The van der Waals surface area contributed by atoms with E-state index in [1.165, 1.54) is 6.20 Å². The molecule has 7 heteroatoms. The highest BCUT2D eigenvalue weighted by molar-refractivity contribution is 6.04. The van der Waals surface area contributed by atoms with Crippen molar-refractivity contribution in [3.05, 3.63) is 72.2 Å². The minimum Gasteiger partial charge on any atom is -0.493 e. The number of nitrogens with one attached hydrogen (secondary N) is 1. The summed E-state index contributed by atoms with van der Waals surface area (Å²) in [6.45, 7) is 3.01. The maximum atomic E-state index is 12.8. The van der Waals surface area contributed by atoms with E-state index in [2.05, 4.69) is 15.3 Å². The van der Waals surface area contributed by atoms with Crippen molar-refractivity contribution in [1.29, 1.82) is 0 Å². The lowest BCUT2D eigenvalue weighted by Gasteiger charge is -2.20. The Morgan fingerprint density at radius 1 is 1.00 bits per heavy atom. The van der Waals surface area contributed by atoms with Crippen LogP contribution in [0.25, 0.3) is 0 Å². The highest BCUT2D eigenvalue weighted by atomic mass is 16.5. The molecule has 0 aliphatic carbocycles. The van der Waals surface area contributed by atoms with Crippen molar-refractivity contribution >= 4 is 17.4 Å². The second kappa shape index (κ2) is 9.54. The van der Waals surface area contributed by atoms with Crippen LogP contribution >= 0.6 is 0 Å². The van der Waals surface area contributed by atoms with Crippen LogP contribution in [-0.4, -0.2) is 36.6 Å². The molecule has 29 heavy (non-hydrogen) atoms. The summed E-state index contributed by atoms with van der Waals surface area (Å²) in [6, 6.07) is 15.2. The third-order valence-electron chi connectivity index (χ3n) is 4.42. The average molecular weight is 392 g/mol. The molecule has 1 aromatic heterocycles. The summed E-state index contributed by atoms with van der Waals surface area (Å²) in [5.41, 5.74) is 2.13. The zero-order valence-corrected chi connectivity index (χ0v) is 16.8. The van der Waals surface area contributed by atoms with Crippen LogP contribution in [0.15, 0.2) is 60.9 Å². The number of benzene rings is 2. The maximum absolute atomic E-state index is 12.8. The van der Waals surface area contributed by atoms with Gasteiger partial charge in [0.15, 0.2) is 11.5 Å². The number of hydrogen-bond acceptors (Lipinski definition) is 6. The number of carbonyl (C=O) groups excluding carboxylic acids is 1. The third kappa shape index (κ3) is 4.82. The zero-order valence-electron chi connectivity index (χ0n) is 16.8. The van der Waals surface area contributed by atoms with Gasteiger partial charge in [-0.15, -0.1) is 0 Å². The summed E-state index contributed by atoms with van der Waals surface area (Å²) < 4.78 is 10.6. The predicted molar refractivity (Wildman–Crippen MR) is 113 cm³/mol. The fraction of sp³-hybridized carbons (Fsp3) is 0.227. The van der Waals surface area contributed by atoms with E-state index >= 15 is 0 Å². The number of anilines is 2. The molecule has 3 rings (SSSR count). The van der Waals surface area contributed by atoms with Crippen molar-refractivity contribution in [3.63, 3.8) is 0 Å². The smallest absolute Gasteiger partial charge is 0.278 e. The van der Waals surface area contributed by atoms with E-state index in [1.807, 2.05) is 55.5 Å². The molecule has 1 amide bonds. The summed E-state index contributed by atoms with van der Waals surface area (Å²) in [4.78, 5) is 23.1. The minimum atomic E-state index is -0.183. The van der Waals surface area contributed by atoms with Crippen molar-refractivity contribution in [3.8, 4) is 11.5 Å². The molecule has 0 saturated carbocycles. The van der Waals surface area contributed by atoms with Crippen LogP contribution in [0.4, 0.5) is 11.5 Å². The van der Waals surface area contributed by atoms with E-state index in [0.29, 0.717) is 36.1 Å². The van der Waals surface area contributed by atoms with Gasteiger partial charge in [0.05, 0.1) is 26.6 Å². The Morgan fingerprint density at radius 3 is 2.38 bits per heavy atom. The molecule has 0 unspecified atom stereocenters. The van der Waals surface area contributed by atoms with Gasteiger partial charge < -0.3 is 19.7 Å². The molecule has 0 saturated heterocycles. The number of hydrogen-bond donors (Lipinski definition) is 1. The first-order chi connectivity index (χ1) is 14.2. The van der Waals surface area contributed by atoms with Crippen LogP contribution in [0.1, 0.15) is 23.0 Å². The molecule has 0 aliphatic heterocycles. The summed E-state index contributed by atoms with van der Waals surface area (Å²) in [7, 11) is 3.21. The minimum absolute atomic E-state index is 0.183. The number of para-hydroxylation sites is 1. The lowest BCUT2D eigenvalue weighted by Crippen LogP contribution is -2.31. The number of ether oxygens (including phenoxy) is 2. The number of carbonyl (C=O) groups is 1. The molecule has 2 aromatic carbocycles. The normalized spacial score (nSPS) is 10.3. The second-order valence-electron chi connectivity index (χ2n) is 6.21. The number of nitrogens with zero attached hydrogens (tertiary/aromatic N) is 3. The molecule has 0 radical (unpaired) electrons. The van der Waals surface area contributed by atoms with E-state index in [9.17, 15) is 4.79 Å². The van der Waals surface area contributed by atoms with Gasteiger partial charge in [-0.3, -0.25) is 4.79 Å². The lowest BCUT2D eigenvalue weighted by molar-refractivity contribution is 0.0983. The summed E-state index contributed by atoms with van der Waals surface area (Å²) in [5.74, 6) is 1.74. The molecule has 0 atom stereocenters. The van der Waals surface area contributed by atoms with Gasteiger partial charge in [-0.2, -0.15) is 0 Å². The average Bonchev–Trinajstić information content (AvgIpc) is 2.79. The number of amides is 1. The number of methoxy groups -OCH3 is 2.